The normalized spacial score (nSPS) is 11.3. The molecule has 0 saturated heterocycles. The molecule has 768 valence electrons. The van der Waals surface area contributed by atoms with Gasteiger partial charge < -0.3 is 175 Å². The van der Waals surface area contributed by atoms with Gasteiger partial charge in [0.05, 0.1) is 271 Å². The number of hydroxylamine groups is 1. The van der Waals surface area contributed by atoms with Gasteiger partial charge in [0.25, 0.3) is 0 Å². The Morgan fingerprint density at radius 1 is 0.238 bits per heavy atom. The lowest BCUT2D eigenvalue weighted by Gasteiger charge is -2.19. The average molecular weight is 1900 g/mol. The summed E-state index contributed by atoms with van der Waals surface area (Å²) in [5, 5.41) is 21.7. The fraction of sp³-hybridized carbons (Fsp3) is 0.892. The number of hydrogen-bond acceptors (Lipinski definition) is 38. The number of carbonyl (C=O) groups excluding carboxylic acids is 9. The molecule has 0 spiro atoms. The highest BCUT2D eigenvalue weighted by Crippen LogP contribution is 2.07. The molecule has 0 saturated carbocycles. The summed E-state index contributed by atoms with van der Waals surface area (Å²) in [4.78, 5) is 110. The summed E-state index contributed by atoms with van der Waals surface area (Å²) >= 11 is 0. The third-order valence-corrected chi connectivity index (χ3v) is 15.6. The minimum Gasteiger partial charge on any atom is -0.442 e. The molecule has 0 aliphatic heterocycles. The van der Waals surface area contributed by atoms with Crippen molar-refractivity contribution in [2.45, 2.75) is 90.6 Å². The Bertz CT molecular complexity index is 2340. The van der Waals surface area contributed by atoms with Gasteiger partial charge in [0.15, 0.2) is 0 Å². The molecule has 47 nitrogen and oxygen atoms in total. The average Bonchev–Trinajstić information content (AvgIpc) is 0.949. The first kappa shape index (κ1) is 128. The molecule has 47 heteroatoms. The van der Waals surface area contributed by atoms with E-state index >= 15 is 0 Å². The molecular formula is C83H163N9O38. The van der Waals surface area contributed by atoms with Crippen LogP contribution in [0, 0.1) is 0 Å². The Kier molecular flexibility index (Phi) is 102. The minimum atomic E-state index is -0.665. The standard InChI is InChI=1S/C31H59N5O12.2C26H52N2O13/c1-6-26(37)34-13-16-42-18-20-44-22-25(23-45-21-19-43-17-14-35-27(38)7-2)46-24-29(40)33-12-10-28(39)32-11-8-9-15-47-36-30(41)48-31(3,4)5;2*1-31-8-10-36-14-18-40-22-25(29)27-4-6-34-12-16-38-20-24(33-3)21-39-17-13-35-7-5-28-26(30)23-41-19-15-37-11-9-32-2/h25H,6-24H2,1-5H3,(H,32,39)(H,33,40)(H,34,37)(H,35,38)(H,36,41);2*24H,4-23H2,1-3H3,(H,27,29)(H,28,30). The molecule has 0 fully saturated rings. The lowest BCUT2D eigenvalue weighted by Crippen LogP contribution is -2.36. The van der Waals surface area contributed by atoms with E-state index in [0.29, 0.717) is 309 Å². The number of ether oxygens (including phenoxy) is 28. The van der Waals surface area contributed by atoms with Crippen LogP contribution in [0.15, 0.2) is 0 Å². The van der Waals surface area contributed by atoms with Gasteiger partial charge >= 0.3 is 6.09 Å². The van der Waals surface area contributed by atoms with Crippen molar-refractivity contribution in [1.82, 2.24) is 48.0 Å². The zero-order chi connectivity index (χ0) is 96.0. The van der Waals surface area contributed by atoms with E-state index in [1.54, 1.807) is 77.3 Å². The second-order valence-corrected chi connectivity index (χ2v) is 27.8. The second kappa shape index (κ2) is 103. The summed E-state index contributed by atoms with van der Waals surface area (Å²) in [7, 11) is 9.60. The summed E-state index contributed by atoms with van der Waals surface area (Å²) in [6, 6.07) is 0. The predicted octanol–water partition coefficient (Wildman–Crippen LogP) is -2.33. The van der Waals surface area contributed by atoms with Crippen molar-refractivity contribution in [2.75, 3.05) is 399 Å². The summed E-state index contributed by atoms with van der Waals surface area (Å²) < 4.78 is 149. The molecule has 0 aliphatic carbocycles. The zero-order valence-corrected chi connectivity index (χ0v) is 79.5. The Morgan fingerprint density at radius 2 is 0.477 bits per heavy atom. The monoisotopic (exact) mass is 1890 g/mol. The van der Waals surface area contributed by atoms with Crippen molar-refractivity contribution >= 4 is 53.4 Å². The highest BCUT2D eigenvalue weighted by molar-refractivity contribution is 5.80. The molecule has 9 N–H and O–H groups in total. The van der Waals surface area contributed by atoms with Gasteiger partial charge in [-0.15, -0.1) is 0 Å². The molecule has 0 aromatic rings. The highest BCUT2D eigenvalue weighted by Gasteiger charge is 2.18. The maximum Gasteiger partial charge on any atom is 0.431 e. The van der Waals surface area contributed by atoms with Gasteiger partial charge in [-0.1, -0.05) is 13.8 Å². The van der Waals surface area contributed by atoms with Gasteiger partial charge in [-0.05, 0) is 33.6 Å². The Balaban J connectivity index is -0.00000187. The van der Waals surface area contributed by atoms with Gasteiger partial charge in [0.1, 0.15) is 56.9 Å². The van der Waals surface area contributed by atoms with E-state index in [2.05, 4.69) is 48.0 Å². The van der Waals surface area contributed by atoms with E-state index in [9.17, 15) is 43.2 Å². The van der Waals surface area contributed by atoms with Crippen LogP contribution in [0.5, 0.6) is 0 Å². The first-order valence-corrected chi connectivity index (χ1v) is 44.2. The molecule has 0 unspecified atom stereocenters. The van der Waals surface area contributed by atoms with E-state index in [-0.39, 0.29) is 133 Å². The van der Waals surface area contributed by atoms with Crippen LogP contribution in [0.3, 0.4) is 0 Å². The summed E-state index contributed by atoms with van der Waals surface area (Å²) in [5.41, 5.74) is 1.59. The van der Waals surface area contributed by atoms with Crippen LogP contribution in [0.2, 0.25) is 0 Å². The van der Waals surface area contributed by atoms with Crippen LogP contribution in [-0.4, -0.2) is 476 Å². The van der Waals surface area contributed by atoms with Crippen LogP contribution in [0.1, 0.15) is 66.7 Å². The second-order valence-electron chi connectivity index (χ2n) is 27.8. The summed E-state index contributed by atoms with van der Waals surface area (Å²) in [5.74, 6) is -1.52. The number of carbonyl (C=O) groups is 9. The molecule has 0 radical (unpaired) electrons. The number of rotatable bonds is 96. The Labute approximate surface area is 768 Å². The van der Waals surface area contributed by atoms with Crippen molar-refractivity contribution in [1.29, 1.82) is 0 Å². The topological polar surface area (TPSA) is 530 Å². The zero-order valence-electron chi connectivity index (χ0n) is 79.5. The van der Waals surface area contributed by atoms with Gasteiger partial charge in [-0.25, -0.2) is 4.79 Å². The molecule has 0 aliphatic rings. The van der Waals surface area contributed by atoms with Gasteiger partial charge in [-0.2, -0.15) is 5.48 Å². The van der Waals surface area contributed by atoms with Crippen molar-refractivity contribution in [3.05, 3.63) is 0 Å². The van der Waals surface area contributed by atoms with E-state index in [1.807, 2.05) is 0 Å². The molecule has 0 aromatic carbocycles. The number of amides is 9. The molecule has 9 amide bonds. The van der Waals surface area contributed by atoms with Crippen LogP contribution >= 0.6 is 0 Å². The fourth-order valence-electron chi connectivity index (χ4n) is 8.84. The van der Waals surface area contributed by atoms with Gasteiger partial charge in [0, 0.05) is 114 Å². The number of unbranched alkanes of at least 4 members (excludes halogenated alkanes) is 1. The smallest absolute Gasteiger partial charge is 0.431 e. The third kappa shape index (κ3) is 106. The van der Waals surface area contributed by atoms with E-state index in [4.69, 9.17) is 137 Å². The first-order valence-electron chi connectivity index (χ1n) is 44.2. The van der Waals surface area contributed by atoms with Gasteiger partial charge in [0.2, 0.25) is 47.3 Å². The molecule has 0 rings (SSSR count). The number of methoxy groups -OCH3 is 6. The van der Waals surface area contributed by atoms with Crippen LogP contribution in [0.25, 0.3) is 0 Å². The van der Waals surface area contributed by atoms with Crippen LogP contribution in [-0.2, 0) is 176 Å². The number of hydrogen-bond donors (Lipinski definition) is 9. The molecular weight excluding hydrogens is 1730 g/mol. The SMILES string of the molecule is CCC(=O)NCCOCCOCC(COCCOCCNC(=O)CC)OCC(=O)NCCC(=O)NCCCCONC(=O)OC(C)(C)C.COCCOCCOCC(=O)NCCOCCOCC(COCCOCCNC(=O)COCCOCCOC)OC.COCCOCCOCC(=O)NCCOCCOCC(COCCOCCNC(=O)COCCOCCOC)OC. The maximum atomic E-state index is 12.3. The molecule has 130 heavy (non-hydrogen) atoms. The summed E-state index contributed by atoms with van der Waals surface area (Å²) in [6.45, 7) is 27.1. The van der Waals surface area contributed by atoms with E-state index in [1.165, 1.54) is 0 Å². The Hall–Kier alpha value is -6.09. The molecule has 0 aromatic heterocycles. The molecule has 0 atom stereocenters. The molecule has 0 heterocycles. The van der Waals surface area contributed by atoms with Crippen molar-refractivity contribution in [3.63, 3.8) is 0 Å². The van der Waals surface area contributed by atoms with Crippen LogP contribution in [0.4, 0.5) is 4.79 Å². The fourth-order valence-corrected chi connectivity index (χ4v) is 8.84. The predicted molar refractivity (Wildman–Crippen MR) is 469 cm³/mol. The van der Waals surface area contributed by atoms with Gasteiger partial charge in [-0.3, -0.25) is 43.2 Å². The maximum absolute atomic E-state index is 12.3. The minimum absolute atomic E-state index is 0.0228. The van der Waals surface area contributed by atoms with Crippen molar-refractivity contribution in [2.24, 2.45) is 0 Å². The Morgan fingerprint density at radius 3 is 0.754 bits per heavy atom. The van der Waals surface area contributed by atoms with Crippen molar-refractivity contribution in [3.8, 4) is 0 Å². The largest absolute Gasteiger partial charge is 0.442 e. The lowest BCUT2D eigenvalue weighted by molar-refractivity contribution is -0.132. The highest BCUT2D eigenvalue weighted by atomic mass is 16.7. The molecule has 0 bridgehead atoms. The number of nitrogens with one attached hydrogen (secondary N) is 9. The lowest BCUT2D eigenvalue weighted by atomic mass is 10.2. The summed E-state index contributed by atoms with van der Waals surface area (Å²) in [6.07, 6.45) is 0.532. The van der Waals surface area contributed by atoms with Crippen molar-refractivity contribution < 1.29 is 181 Å². The van der Waals surface area contributed by atoms with E-state index in [0.717, 1.165) is 0 Å². The quantitative estimate of drug-likeness (QED) is 0.0228. The first-order chi connectivity index (χ1) is 63.2. The third-order valence-electron chi connectivity index (χ3n) is 15.6. The van der Waals surface area contributed by atoms with E-state index < -0.39 is 23.7 Å². The van der Waals surface area contributed by atoms with Crippen LogP contribution < -0.4 is 48.0 Å².